The molecule has 1 aliphatic heterocycles. The molecule has 0 aromatic heterocycles. The van der Waals surface area contributed by atoms with E-state index in [0.717, 1.165) is 0 Å². The van der Waals surface area contributed by atoms with Gasteiger partial charge >= 0.3 is 6.18 Å². The summed E-state index contributed by atoms with van der Waals surface area (Å²) >= 11 is 0. The molecule has 0 saturated carbocycles. The summed E-state index contributed by atoms with van der Waals surface area (Å²) in [6.07, 6.45) is -5.22. The lowest BCUT2D eigenvalue weighted by Gasteiger charge is -2.36. The van der Waals surface area contributed by atoms with Crippen molar-refractivity contribution in [1.29, 1.82) is 0 Å². The van der Waals surface area contributed by atoms with Crippen molar-refractivity contribution in [1.82, 2.24) is 10.2 Å². The molecule has 2 rings (SSSR count). The minimum absolute atomic E-state index is 0.0534. The summed E-state index contributed by atoms with van der Waals surface area (Å²) in [4.78, 5) is 2.00. The molecular weight excluding hydrogens is 325 g/mol. The zero-order valence-electron chi connectivity index (χ0n) is 13.8. The molecule has 24 heavy (non-hydrogen) atoms. The monoisotopic (exact) mass is 348 g/mol. The van der Waals surface area contributed by atoms with Crippen LogP contribution in [0.2, 0.25) is 0 Å². The molecule has 136 valence electrons. The number of halogens is 3. The van der Waals surface area contributed by atoms with Crippen molar-refractivity contribution in [3.05, 3.63) is 17.7 Å². The second kappa shape index (κ2) is 7.94. The zero-order chi connectivity index (χ0) is 17.7. The van der Waals surface area contributed by atoms with Gasteiger partial charge in [-0.2, -0.15) is 13.2 Å². The molecule has 0 spiro atoms. The fourth-order valence-electron chi connectivity index (χ4n) is 3.06. The van der Waals surface area contributed by atoms with E-state index >= 15 is 0 Å². The largest absolute Gasteiger partial charge is 0.508 e. The van der Waals surface area contributed by atoms with Crippen LogP contribution in [-0.2, 0) is 0 Å². The van der Waals surface area contributed by atoms with E-state index in [1.54, 1.807) is 0 Å². The highest BCUT2D eigenvalue weighted by Crippen LogP contribution is 2.43. The molecular formula is C16H23F3N2O3. The number of ether oxygens (including phenoxy) is 2. The topological polar surface area (TPSA) is 54.0 Å². The number of alkyl halides is 3. The fraction of sp³-hybridized carbons (Fsp3) is 0.625. The van der Waals surface area contributed by atoms with E-state index in [9.17, 15) is 18.3 Å². The van der Waals surface area contributed by atoms with E-state index < -0.39 is 18.6 Å². The Labute approximate surface area is 139 Å². The fourth-order valence-corrected chi connectivity index (χ4v) is 3.06. The molecule has 1 aliphatic rings. The van der Waals surface area contributed by atoms with Gasteiger partial charge in [0.1, 0.15) is 17.2 Å². The molecule has 1 fully saturated rings. The lowest BCUT2D eigenvalue weighted by atomic mass is 9.97. The number of methoxy groups -OCH3 is 2. The third-order valence-corrected chi connectivity index (χ3v) is 4.16. The third-order valence-electron chi connectivity index (χ3n) is 4.16. The number of nitrogens with one attached hydrogen (secondary N) is 1. The van der Waals surface area contributed by atoms with Crippen LogP contribution in [0.25, 0.3) is 0 Å². The van der Waals surface area contributed by atoms with Gasteiger partial charge in [-0.25, -0.2) is 0 Å². The van der Waals surface area contributed by atoms with E-state index in [-0.39, 0.29) is 12.2 Å². The van der Waals surface area contributed by atoms with Gasteiger partial charge in [-0.1, -0.05) is 0 Å². The number of nitrogens with zero attached hydrogens (tertiary/aromatic N) is 1. The quantitative estimate of drug-likeness (QED) is 0.828. The van der Waals surface area contributed by atoms with Crippen molar-refractivity contribution in [3.63, 3.8) is 0 Å². The maximum atomic E-state index is 12.8. The second-order valence-corrected chi connectivity index (χ2v) is 5.72. The van der Waals surface area contributed by atoms with Crippen molar-refractivity contribution in [2.24, 2.45) is 0 Å². The molecule has 1 atom stereocenters. The highest BCUT2D eigenvalue weighted by Gasteiger charge is 2.34. The van der Waals surface area contributed by atoms with Crippen LogP contribution in [-0.4, -0.2) is 56.6 Å². The summed E-state index contributed by atoms with van der Waals surface area (Å²) in [6.45, 7) is 2.70. The van der Waals surface area contributed by atoms with E-state index in [1.165, 1.54) is 26.4 Å². The number of piperazine rings is 1. The average molecular weight is 348 g/mol. The predicted molar refractivity (Wildman–Crippen MR) is 83.7 cm³/mol. The van der Waals surface area contributed by atoms with Crippen molar-refractivity contribution >= 4 is 0 Å². The Morgan fingerprint density at radius 2 is 1.71 bits per heavy atom. The van der Waals surface area contributed by atoms with Gasteiger partial charge in [0.2, 0.25) is 0 Å². The van der Waals surface area contributed by atoms with Gasteiger partial charge in [0.05, 0.1) is 19.8 Å². The smallest absolute Gasteiger partial charge is 0.389 e. The summed E-state index contributed by atoms with van der Waals surface area (Å²) in [5, 5.41) is 13.0. The Hall–Kier alpha value is -1.67. The first-order chi connectivity index (χ1) is 11.4. The normalized spacial score (nSPS) is 17.5. The molecule has 1 aromatic rings. The highest BCUT2D eigenvalue weighted by molar-refractivity contribution is 5.52. The van der Waals surface area contributed by atoms with Crippen LogP contribution in [0.5, 0.6) is 17.2 Å². The predicted octanol–water partition coefficient (Wildman–Crippen LogP) is 2.70. The van der Waals surface area contributed by atoms with E-state index in [0.29, 0.717) is 43.2 Å². The first-order valence-corrected chi connectivity index (χ1v) is 7.82. The van der Waals surface area contributed by atoms with Crippen LogP contribution in [0.3, 0.4) is 0 Å². The van der Waals surface area contributed by atoms with Crippen molar-refractivity contribution < 1.29 is 27.8 Å². The first-order valence-electron chi connectivity index (χ1n) is 7.82. The van der Waals surface area contributed by atoms with Crippen LogP contribution < -0.4 is 14.8 Å². The third kappa shape index (κ3) is 4.67. The van der Waals surface area contributed by atoms with Gasteiger partial charge in [-0.3, -0.25) is 4.90 Å². The number of hydrogen-bond acceptors (Lipinski definition) is 5. The van der Waals surface area contributed by atoms with Crippen molar-refractivity contribution in [2.75, 3.05) is 40.4 Å². The van der Waals surface area contributed by atoms with Crippen LogP contribution >= 0.6 is 0 Å². The second-order valence-electron chi connectivity index (χ2n) is 5.72. The Morgan fingerprint density at radius 3 is 2.17 bits per heavy atom. The van der Waals surface area contributed by atoms with Crippen molar-refractivity contribution in [2.45, 2.75) is 25.1 Å². The molecule has 5 nitrogen and oxygen atoms in total. The summed E-state index contributed by atoms with van der Waals surface area (Å²) < 4.78 is 49.0. The van der Waals surface area contributed by atoms with Gasteiger partial charge in [-0.05, 0) is 6.42 Å². The lowest BCUT2D eigenvalue weighted by Crippen LogP contribution is -2.45. The van der Waals surface area contributed by atoms with Crippen LogP contribution in [0, 0.1) is 0 Å². The number of aromatic hydroxyl groups is 1. The summed E-state index contributed by atoms with van der Waals surface area (Å²) in [5.41, 5.74) is 0.545. The zero-order valence-corrected chi connectivity index (χ0v) is 13.8. The van der Waals surface area contributed by atoms with Crippen LogP contribution in [0.4, 0.5) is 13.2 Å². The van der Waals surface area contributed by atoms with E-state index in [2.05, 4.69) is 5.32 Å². The van der Waals surface area contributed by atoms with Gasteiger partial charge in [0, 0.05) is 50.8 Å². The average Bonchev–Trinajstić information content (AvgIpc) is 2.55. The maximum Gasteiger partial charge on any atom is 0.389 e. The van der Waals surface area contributed by atoms with Gasteiger partial charge < -0.3 is 19.9 Å². The van der Waals surface area contributed by atoms with E-state index in [4.69, 9.17) is 9.47 Å². The Balaban J connectivity index is 2.41. The molecule has 1 heterocycles. The molecule has 0 amide bonds. The molecule has 0 bridgehead atoms. The molecule has 0 aliphatic carbocycles. The minimum Gasteiger partial charge on any atom is -0.508 e. The number of benzene rings is 1. The number of phenols is 1. The molecule has 8 heteroatoms. The first kappa shape index (κ1) is 18.7. The number of phenolic OH excluding ortho intramolecular Hbond substituents is 1. The highest BCUT2D eigenvalue weighted by atomic mass is 19.4. The van der Waals surface area contributed by atoms with Gasteiger partial charge in [-0.15, -0.1) is 0 Å². The Bertz CT molecular complexity index is 521. The van der Waals surface area contributed by atoms with Crippen LogP contribution in [0.1, 0.15) is 24.4 Å². The lowest BCUT2D eigenvalue weighted by molar-refractivity contribution is -0.138. The van der Waals surface area contributed by atoms with Gasteiger partial charge in [0.15, 0.2) is 0 Å². The standard InChI is InChI=1S/C16H23F3N2O3/c1-23-13-9-11(22)10-14(24-2)15(13)12(3-4-16(17,18)19)21-7-5-20-6-8-21/h9-10,12,20,22H,3-8H2,1-2H3/t12-/m1/s1. The van der Waals surface area contributed by atoms with Gasteiger partial charge in [0.25, 0.3) is 0 Å². The van der Waals surface area contributed by atoms with Crippen molar-refractivity contribution in [3.8, 4) is 17.2 Å². The van der Waals surface area contributed by atoms with E-state index in [1.807, 2.05) is 4.90 Å². The maximum absolute atomic E-state index is 12.8. The molecule has 2 N–H and O–H groups in total. The summed E-state index contributed by atoms with van der Waals surface area (Å²) in [7, 11) is 2.85. The number of rotatable bonds is 6. The van der Waals surface area contributed by atoms with Crippen LogP contribution in [0.15, 0.2) is 12.1 Å². The Morgan fingerprint density at radius 1 is 1.17 bits per heavy atom. The summed E-state index contributed by atoms with van der Waals surface area (Å²) in [6, 6.07) is 2.31. The number of hydrogen-bond donors (Lipinski definition) is 2. The summed E-state index contributed by atoms with van der Waals surface area (Å²) in [5.74, 6) is 0.609. The molecule has 1 saturated heterocycles. The molecule has 0 unspecified atom stereocenters. The SMILES string of the molecule is COc1cc(O)cc(OC)c1[C@@H](CCC(F)(F)F)N1CCNCC1. The Kier molecular flexibility index (Phi) is 6.17. The minimum atomic E-state index is -4.23. The molecule has 0 radical (unpaired) electrons. The molecule has 1 aromatic carbocycles.